The molecule has 0 saturated carbocycles. The van der Waals surface area contributed by atoms with E-state index in [0.717, 1.165) is 10.6 Å². The van der Waals surface area contributed by atoms with Crippen LogP contribution in [0.1, 0.15) is 16.2 Å². The molecule has 1 aromatic heterocycles. The topological polar surface area (TPSA) is 55.1 Å². The number of hydrogen-bond acceptors (Lipinski definition) is 2. The van der Waals surface area contributed by atoms with Gasteiger partial charge in [0.15, 0.2) is 0 Å². The van der Waals surface area contributed by atoms with Gasteiger partial charge in [0, 0.05) is 18.1 Å². The third-order valence-electron chi connectivity index (χ3n) is 2.69. The summed E-state index contributed by atoms with van der Waals surface area (Å²) >= 11 is 0. The Morgan fingerprint density at radius 3 is 2.24 bits per heavy atom. The fourth-order valence-corrected chi connectivity index (χ4v) is 2.41. The lowest BCUT2D eigenvalue weighted by atomic mass is 10.2. The Kier molecular flexibility index (Phi) is 2.73. The highest BCUT2D eigenvalue weighted by Gasteiger charge is 2.65. The number of aryl methyl sites for hydroxylation is 1. The van der Waals surface area contributed by atoms with Gasteiger partial charge in [-0.1, -0.05) is 19.4 Å². The molecule has 10 heteroatoms. The SMILES string of the molecule is Cc1nccn1-c1cc(C(=O)O)cc(S(F)(F)(F)(F)F)c1. The van der Waals surface area contributed by atoms with Gasteiger partial charge in [0.2, 0.25) is 0 Å². The van der Waals surface area contributed by atoms with Gasteiger partial charge in [-0.25, -0.2) is 9.78 Å². The summed E-state index contributed by atoms with van der Waals surface area (Å²) in [6.45, 7) is 1.44. The van der Waals surface area contributed by atoms with E-state index in [1.165, 1.54) is 19.3 Å². The van der Waals surface area contributed by atoms with E-state index in [0.29, 0.717) is 0 Å². The molecule has 116 valence electrons. The second-order valence-corrected chi connectivity index (χ2v) is 6.74. The number of halogens is 5. The predicted octanol–water partition coefficient (Wildman–Crippen LogP) is 4.54. The molecule has 1 N–H and O–H groups in total. The van der Waals surface area contributed by atoms with E-state index in [4.69, 9.17) is 5.11 Å². The zero-order chi connectivity index (χ0) is 16.1. The largest absolute Gasteiger partial charge is 0.478 e. The Balaban J connectivity index is 2.79. The van der Waals surface area contributed by atoms with E-state index in [9.17, 15) is 24.2 Å². The fourth-order valence-electron chi connectivity index (χ4n) is 1.72. The van der Waals surface area contributed by atoms with Crippen LogP contribution >= 0.6 is 10.2 Å². The molecule has 0 aliphatic heterocycles. The van der Waals surface area contributed by atoms with Crippen LogP contribution in [0.4, 0.5) is 19.4 Å². The molecule has 4 nitrogen and oxygen atoms in total. The molecule has 0 unspecified atom stereocenters. The standard InChI is InChI=1S/C11H9F5N2O2S/c1-7-17-2-3-18(7)9-4-8(11(19)20)5-10(6-9)21(12,13,14,15)16/h2-6H,1H3,(H,19,20). The minimum absolute atomic E-state index is 0.0698. The van der Waals surface area contributed by atoms with Crippen molar-refractivity contribution in [3.05, 3.63) is 42.0 Å². The van der Waals surface area contributed by atoms with Crippen molar-refractivity contribution in [2.45, 2.75) is 11.8 Å². The van der Waals surface area contributed by atoms with Gasteiger partial charge in [-0.05, 0) is 25.1 Å². The number of carboxylic acids is 1. The lowest BCUT2D eigenvalue weighted by Crippen LogP contribution is -2.10. The van der Waals surface area contributed by atoms with Gasteiger partial charge in [0.1, 0.15) is 10.7 Å². The second-order valence-electron chi connectivity index (χ2n) is 4.33. The number of aromatic carboxylic acids is 1. The molecule has 0 amide bonds. The number of aromatic nitrogens is 2. The van der Waals surface area contributed by atoms with E-state index in [2.05, 4.69) is 4.98 Å². The van der Waals surface area contributed by atoms with Gasteiger partial charge in [-0.2, -0.15) is 0 Å². The Morgan fingerprint density at radius 1 is 1.19 bits per heavy atom. The van der Waals surface area contributed by atoms with Gasteiger partial charge in [-0.15, -0.1) is 0 Å². The summed E-state index contributed by atoms with van der Waals surface area (Å²) in [5.74, 6) is -1.51. The fraction of sp³-hybridized carbons (Fsp3) is 0.0909. The maximum atomic E-state index is 12.9. The molecule has 0 atom stereocenters. The molecule has 0 fully saturated rings. The molecule has 0 aliphatic rings. The monoisotopic (exact) mass is 328 g/mol. The number of imidazole rings is 1. The molecule has 1 heterocycles. The van der Waals surface area contributed by atoms with Gasteiger partial charge < -0.3 is 9.67 Å². The number of carbonyl (C=O) groups is 1. The Labute approximate surface area is 115 Å². The summed E-state index contributed by atoms with van der Waals surface area (Å²) in [5, 5.41) is 8.81. The minimum atomic E-state index is -9.98. The quantitative estimate of drug-likeness (QED) is 0.842. The van der Waals surface area contributed by atoms with E-state index in [1.807, 2.05) is 0 Å². The van der Waals surface area contributed by atoms with Gasteiger partial charge in [0.05, 0.1) is 5.56 Å². The third-order valence-corrected chi connectivity index (χ3v) is 3.81. The van der Waals surface area contributed by atoms with Crippen molar-refractivity contribution in [2.24, 2.45) is 0 Å². The highest BCUT2D eigenvalue weighted by molar-refractivity contribution is 8.45. The average molecular weight is 328 g/mol. The Bertz CT molecular complexity index is 739. The number of benzene rings is 1. The van der Waals surface area contributed by atoms with Crippen molar-refractivity contribution >= 4 is 16.2 Å². The van der Waals surface area contributed by atoms with Crippen molar-refractivity contribution in [3.8, 4) is 5.69 Å². The molecule has 2 aromatic rings. The van der Waals surface area contributed by atoms with Gasteiger partial charge in [-0.3, -0.25) is 0 Å². The van der Waals surface area contributed by atoms with E-state index in [-0.39, 0.29) is 23.6 Å². The molecule has 0 radical (unpaired) electrons. The molecule has 1 aromatic carbocycles. The molecule has 0 aliphatic carbocycles. The molecule has 0 saturated heterocycles. The van der Waals surface area contributed by atoms with E-state index in [1.54, 1.807) is 0 Å². The smallest absolute Gasteiger partial charge is 0.335 e. The molecule has 0 spiro atoms. The van der Waals surface area contributed by atoms with Crippen LogP contribution in [0, 0.1) is 6.92 Å². The number of rotatable bonds is 3. The van der Waals surface area contributed by atoms with Gasteiger partial charge >= 0.3 is 16.2 Å². The highest BCUT2D eigenvalue weighted by Crippen LogP contribution is 3.02. The Hall–Kier alpha value is -2.10. The predicted molar refractivity (Wildman–Crippen MR) is 66.7 cm³/mol. The van der Waals surface area contributed by atoms with Crippen LogP contribution in [0.2, 0.25) is 0 Å². The molecule has 0 bridgehead atoms. The minimum Gasteiger partial charge on any atom is -0.478 e. The van der Waals surface area contributed by atoms with Crippen LogP contribution in [0.15, 0.2) is 35.5 Å². The van der Waals surface area contributed by atoms with Crippen LogP contribution in [0.3, 0.4) is 0 Å². The Morgan fingerprint density at radius 2 is 1.81 bits per heavy atom. The van der Waals surface area contributed by atoms with Gasteiger partial charge in [0.25, 0.3) is 0 Å². The number of hydrogen-bond donors (Lipinski definition) is 1. The normalized spacial score (nSPS) is 15.3. The summed E-state index contributed by atoms with van der Waals surface area (Å²) < 4.78 is 65.6. The van der Waals surface area contributed by atoms with Crippen LogP contribution in [0.25, 0.3) is 5.69 Å². The lowest BCUT2D eigenvalue weighted by Gasteiger charge is -2.40. The van der Waals surface area contributed by atoms with Crippen LogP contribution in [-0.2, 0) is 0 Å². The van der Waals surface area contributed by atoms with Crippen molar-refractivity contribution in [1.82, 2.24) is 9.55 Å². The molecular formula is C11H9F5N2O2S. The summed E-state index contributed by atoms with van der Waals surface area (Å²) in [7, 11) is -9.98. The first-order valence-electron chi connectivity index (χ1n) is 5.41. The third kappa shape index (κ3) is 3.15. The summed E-state index contributed by atoms with van der Waals surface area (Å²) in [6.07, 6.45) is 2.49. The summed E-state index contributed by atoms with van der Waals surface area (Å²) in [4.78, 5) is 12.4. The van der Waals surface area contributed by atoms with Crippen molar-refractivity contribution in [1.29, 1.82) is 0 Å². The van der Waals surface area contributed by atoms with Crippen LogP contribution in [-0.4, -0.2) is 20.6 Å². The van der Waals surface area contributed by atoms with Crippen molar-refractivity contribution < 1.29 is 29.3 Å². The summed E-state index contributed by atoms with van der Waals surface area (Å²) in [6, 6.07) is 1.01. The van der Waals surface area contributed by atoms with Crippen LogP contribution in [0.5, 0.6) is 0 Å². The summed E-state index contributed by atoms with van der Waals surface area (Å²) in [5.41, 5.74) is -1.24. The second kappa shape index (κ2) is 3.75. The van der Waals surface area contributed by atoms with Crippen LogP contribution < -0.4 is 0 Å². The van der Waals surface area contributed by atoms with Crippen molar-refractivity contribution in [2.75, 3.05) is 0 Å². The zero-order valence-corrected chi connectivity index (χ0v) is 11.3. The van der Waals surface area contributed by atoms with Crippen molar-refractivity contribution in [3.63, 3.8) is 0 Å². The molecular weight excluding hydrogens is 319 g/mol. The molecule has 2 rings (SSSR count). The highest BCUT2D eigenvalue weighted by atomic mass is 32.5. The molecule has 21 heavy (non-hydrogen) atoms. The van der Waals surface area contributed by atoms with E-state index >= 15 is 0 Å². The lowest BCUT2D eigenvalue weighted by molar-refractivity contribution is 0.0696. The first-order chi connectivity index (χ1) is 9.27. The zero-order valence-electron chi connectivity index (χ0n) is 10.4. The number of nitrogens with zero attached hydrogens (tertiary/aromatic N) is 2. The first kappa shape index (κ1) is 15.3. The number of carboxylic acid groups (broad SMARTS) is 1. The maximum absolute atomic E-state index is 12.9. The maximum Gasteiger partial charge on any atom is 0.335 e. The average Bonchev–Trinajstić information content (AvgIpc) is 2.72. The van der Waals surface area contributed by atoms with E-state index < -0.39 is 26.7 Å². The first-order valence-corrected chi connectivity index (χ1v) is 7.36.